The minimum absolute atomic E-state index is 0.0536. The quantitative estimate of drug-likeness (QED) is 0.343. The Balaban J connectivity index is 1.87. The van der Waals surface area contributed by atoms with Crippen LogP contribution in [0.1, 0.15) is 31.1 Å². The van der Waals surface area contributed by atoms with Gasteiger partial charge in [-0.1, -0.05) is 18.2 Å². The highest BCUT2D eigenvalue weighted by Gasteiger charge is 2.12. The lowest BCUT2D eigenvalue weighted by atomic mass is 10.0. The highest BCUT2D eigenvalue weighted by atomic mass is 16.3. The summed E-state index contributed by atoms with van der Waals surface area (Å²) in [6.07, 6.45) is 0.464. The summed E-state index contributed by atoms with van der Waals surface area (Å²) in [7, 11) is 0. The maximum Gasteiger partial charge on any atom is 0.221 e. The Kier molecular flexibility index (Phi) is 7.34. The average Bonchev–Trinajstić information content (AvgIpc) is 2.63. The molecule has 2 amide bonds. The van der Waals surface area contributed by atoms with Crippen molar-refractivity contribution in [2.75, 3.05) is 17.2 Å². The van der Waals surface area contributed by atoms with Crippen LogP contribution in [0.25, 0.3) is 0 Å². The molecule has 7 nitrogen and oxygen atoms in total. The topological polar surface area (TPSA) is 111 Å². The second-order valence-corrected chi connectivity index (χ2v) is 6.45. The minimum Gasteiger partial charge on any atom is -0.506 e. The van der Waals surface area contributed by atoms with Gasteiger partial charge >= 0.3 is 0 Å². The number of aromatic hydroxyl groups is 1. The number of amides is 2. The summed E-state index contributed by atoms with van der Waals surface area (Å²) in [6, 6.07) is 12.3. The average molecular weight is 371 g/mol. The summed E-state index contributed by atoms with van der Waals surface area (Å²) in [5.41, 5.74) is 2.72. The third-order valence-corrected chi connectivity index (χ3v) is 4.10. The minimum atomic E-state index is -0.776. The molecule has 2 atom stereocenters. The van der Waals surface area contributed by atoms with E-state index >= 15 is 0 Å². The monoisotopic (exact) mass is 371 g/mol. The summed E-state index contributed by atoms with van der Waals surface area (Å²) < 4.78 is 0. The number of phenolic OH excluding ortho intramolecular Hbond substituents is 1. The van der Waals surface area contributed by atoms with Gasteiger partial charge in [-0.2, -0.15) is 0 Å². The number of nitrogens with one attached hydrogen (secondary N) is 3. The first kappa shape index (κ1) is 20.4. The Hall–Kier alpha value is -2.90. The smallest absolute Gasteiger partial charge is 0.221 e. The van der Waals surface area contributed by atoms with Crippen molar-refractivity contribution in [1.29, 1.82) is 0 Å². The first-order valence-electron chi connectivity index (χ1n) is 8.70. The largest absolute Gasteiger partial charge is 0.506 e. The number of anilines is 2. The molecule has 2 aromatic carbocycles. The number of aliphatic hydroxyl groups excluding tert-OH is 1. The lowest BCUT2D eigenvalue weighted by Gasteiger charge is -2.18. The third kappa shape index (κ3) is 6.40. The van der Waals surface area contributed by atoms with Crippen LogP contribution in [-0.4, -0.2) is 35.1 Å². The first-order valence-corrected chi connectivity index (χ1v) is 8.70. The molecule has 0 aromatic heterocycles. The van der Waals surface area contributed by atoms with Gasteiger partial charge < -0.3 is 26.2 Å². The van der Waals surface area contributed by atoms with Gasteiger partial charge in [0.05, 0.1) is 11.8 Å². The maximum absolute atomic E-state index is 11.0. The molecule has 0 aliphatic carbocycles. The van der Waals surface area contributed by atoms with E-state index in [4.69, 9.17) is 0 Å². The highest BCUT2D eigenvalue weighted by Crippen LogP contribution is 2.26. The van der Waals surface area contributed by atoms with E-state index in [-0.39, 0.29) is 23.4 Å². The van der Waals surface area contributed by atoms with Crippen molar-refractivity contribution in [2.24, 2.45) is 0 Å². The van der Waals surface area contributed by atoms with Crippen molar-refractivity contribution >= 4 is 23.7 Å². The van der Waals surface area contributed by atoms with Crippen molar-refractivity contribution in [3.8, 4) is 5.75 Å². The molecule has 0 fully saturated rings. The molecule has 27 heavy (non-hydrogen) atoms. The predicted molar refractivity (Wildman–Crippen MR) is 105 cm³/mol. The number of aliphatic hydroxyl groups is 1. The molecule has 0 bridgehead atoms. The molecule has 0 saturated heterocycles. The van der Waals surface area contributed by atoms with Crippen molar-refractivity contribution in [1.82, 2.24) is 5.32 Å². The molecular formula is C20H25N3O4. The van der Waals surface area contributed by atoms with Gasteiger partial charge in [-0.05, 0) is 48.7 Å². The summed E-state index contributed by atoms with van der Waals surface area (Å²) in [4.78, 5) is 21.6. The molecule has 0 heterocycles. The summed E-state index contributed by atoms with van der Waals surface area (Å²) in [6.45, 7) is 3.82. The van der Waals surface area contributed by atoms with Gasteiger partial charge in [0.1, 0.15) is 5.75 Å². The molecule has 0 aliphatic heterocycles. The molecule has 144 valence electrons. The second-order valence-electron chi connectivity index (χ2n) is 6.45. The number of hydrogen-bond acceptors (Lipinski definition) is 5. The van der Waals surface area contributed by atoms with E-state index in [1.165, 1.54) is 13.0 Å². The van der Waals surface area contributed by atoms with Crippen LogP contribution in [-0.2, 0) is 16.0 Å². The Labute approximate surface area is 158 Å². The SMILES string of the molecule is CC(=O)Nc1ccc(CC(C)NCC(O)c2ccc(O)c(NC=O)c2)cc1. The number of phenols is 1. The van der Waals surface area contributed by atoms with Gasteiger partial charge in [-0.15, -0.1) is 0 Å². The normalized spacial score (nSPS) is 12.9. The lowest BCUT2D eigenvalue weighted by Crippen LogP contribution is -2.32. The second kappa shape index (κ2) is 9.70. The van der Waals surface area contributed by atoms with Crippen molar-refractivity contribution < 1.29 is 19.8 Å². The van der Waals surface area contributed by atoms with Gasteiger partial charge in [0, 0.05) is 25.2 Å². The van der Waals surface area contributed by atoms with Gasteiger partial charge in [-0.25, -0.2) is 0 Å². The Morgan fingerprint density at radius 3 is 2.52 bits per heavy atom. The molecule has 2 unspecified atom stereocenters. The van der Waals surface area contributed by atoms with Crippen LogP contribution in [0.15, 0.2) is 42.5 Å². The number of rotatable bonds is 9. The van der Waals surface area contributed by atoms with Crippen LogP contribution in [0.3, 0.4) is 0 Å². The standard InChI is InChI=1S/C20H25N3O4/c1-13(9-15-3-6-17(7-4-15)23-14(2)25)21-11-20(27)16-5-8-19(26)18(10-16)22-12-24/h3-8,10,12-13,20-21,26-27H,9,11H2,1-2H3,(H,22,24)(H,23,25). The van der Waals surface area contributed by atoms with E-state index < -0.39 is 6.10 Å². The summed E-state index contributed by atoms with van der Waals surface area (Å²) in [5.74, 6) is -0.158. The molecule has 2 rings (SSSR count). The molecule has 0 radical (unpaired) electrons. The van der Waals surface area contributed by atoms with E-state index in [1.54, 1.807) is 12.1 Å². The van der Waals surface area contributed by atoms with Crippen LogP contribution in [0.2, 0.25) is 0 Å². The zero-order valence-corrected chi connectivity index (χ0v) is 15.4. The molecule has 0 aliphatic rings. The Morgan fingerprint density at radius 1 is 1.19 bits per heavy atom. The van der Waals surface area contributed by atoms with Crippen molar-refractivity contribution in [2.45, 2.75) is 32.4 Å². The zero-order valence-electron chi connectivity index (χ0n) is 15.4. The van der Waals surface area contributed by atoms with E-state index in [9.17, 15) is 19.8 Å². The van der Waals surface area contributed by atoms with E-state index in [2.05, 4.69) is 16.0 Å². The van der Waals surface area contributed by atoms with Crippen LogP contribution in [0.5, 0.6) is 5.75 Å². The number of carbonyl (C=O) groups is 2. The Bertz CT molecular complexity index is 777. The first-order chi connectivity index (χ1) is 12.9. The highest BCUT2D eigenvalue weighted by molar-refractivity contribution is 5.88. The molecule has 7 heteroatoms. The van der Waals surface area contributed by atoms with Crippen molar-refractivity contribution in [3.63, 3.8) is 0 Å². The third-order valence-electron chi connectivity index (χ3n) is 4.10. The van der Waals surface area contributed by atoms with Gasteiger partial charge in [0.2, 0.25) is 12.3 Å². The van der Waals surface area contributed by atoms with Crippen LogP contribution in [0, 0.1) is 0 Å². The van der Waals surface area contributed by atoms with Crippen LogP contribution >= 0.6 is 0 Å². The summed E-state index contributed by atoms with van der Waals surface area (Å²) >= 11 is 0. The molecule has 0 saturated carbocycles. The molecule has 2 aromatic rings. The van der Waals surface area contributed by atoms with E-state index in [0.29, 0.717) is 18.5 Å². The van der Waals surface area contributed by atoms with Gasteiger partial charge in [0.15, 0.2) is 0 Å². The number of hydrogen-bond donors (Lipinski definition) is 5. The Morgan fingerprint density at radius 2 is 1.89 bits per heavy atom. The number of benzene rings is 2. The predicted octanol–water partition coefficient (Wildman–Crippen LogP) is 2.17. The zero-order chi connectivity index (χ0) is 19.8. The van der Waals surface area contributed by atoms with E-state index in [1.807, 2.05) is 31.2 Å². The number of carbonyl (C=O) groups excluding carboxylic acids is 2. The van der Waals surface area contributed by atoms with Crippen LogP contribution in [0.4, 0.5) is 11.4 Å². The molecular weight excluding hydrogens is 346 g/mol. The fourth-order valence-electron chi connectivity index (χ4n) is 2.72. The summed E-state index contributed by atoms with van der Waals surface area (Å²) in [5, 5.41) is 28.4. The van der Waals surface area contributed by atoms with Crippen molar-refractivity contribution in [3.05, 3.63) is 53.6 Å². The maximum atomic E-state index is 11.0. The molecule has 0 spiro atoms. The van der Waals surface area contributed by atoms with Gasteiger partial charge in [0.25, 0.3) is 0 Å². The fraction of sp³-hybridized carbons (Fsp3) is 0.300. The lowest BCUT2D eigenvalue weighted by molar-refractivity contribution is -0.114. The molecule has 5 N–H and O–H groups in total. The van der Waals surface area contributed by atoms with Crippen LogP contribution < -0.4 is 16.0 Å². The van der Waals surface area contributed by atoms with Gasteiger partial charge in [-0.3, -0.25) is 9.59 Å². The fourth-order valence-corrected chi connectivity index (χ4v) is 2.72. The van der Waals surface area contributed by atoms with E-state index in [0.717, 1.165) is 17.7 Å².